The lowest BCUT2D eigenvalue weighted by atomic mass is 10.3. The van der Waals surface area contributed by atoms with Crippen LogP contribution in [0, 0.1) is 6.92 Å². The number of carboxylic acid groups (broad SMARTS) is 1. The number of nitrogens with one attached hydrogen (secondary N) is 1. The van der Waals surface area contributed by atoms with Gasteiger partial charge >= 0.3 is 0 Å². The minimum Gasteiger partial charge on any atom is -0.550 e. The van der Waals surface area contributed by atoms with Crippen molar-refractivity contribution < 1.29 is 14.5 Å². The fraction of sp³-hybridized carbons (Fsp3) is 0.600. The third-order valence-corrected chi connectivity index (χ3v) is 1.59. The minimum atomic E-state index is -1.08. The Morgan fingerprint density at radius 1 is 1.64 bits per heavy atom. The van der Waals surface area contributed by atoms with Crippen molar-refractivity contribution in [1.29, 1.82) is 0 Å². The molecule has 80 valence electrons. The summed E-state index contributed by atoms with van der Waals surface area (Å²) < 4.78 is 2.19. The van der Waals surface area contributed by atoms with Gasteiger partial charge in [0, 0.05) is 12.9 Å². The molecule has 0 saturated carbocycles. The third kappa shape index (κ3) is 7.34. The fourth-order valence-corrected chi connectivity index (χ4v) is 0.978. The Labute approximate surface area is 84.6 Å². The first-order chi connectivity index (χ1) is 6.56. The largest absolute Gasteiger partial charge is 0.550 e. The van der Waals surface area contributed by atoms with Crippen LogP contribution in [0.25, 0.3) is 0 Å². The van der Waals surface area contributed by atoms with Crippen LogP contribution < -0.4 is 9.67 Å². The molecule has 4 nitrogen and oxygen atoms in total. The predicted octanol–water partition coefficient (Wildman–Crippen LogP) is 0.167. The topological polar surface area (TPSA) is 59.8 Å². The molecule has 1 rings (SSSR count). The smallest absolute Gasteiger partial charge is 0.241 e. The van der Waals surface area contributed by atoms with Gasteiger partial charge in [0.15, 0.2) is 0 Å². The zero-order valence-electron chi connectivity index (χ0n) is 9.04. The van der Waals surface area contributed by atoms with Crippen molar-refractivity contribution >= 4 is 5.97 Å². The summed E-state index contributed by atoms with van der Waals surface area (Å²) in [7, 11) is 0. The number of imidazole rings is 1. The zero-order valence-corrected chi connectivity index (χ0v) is 9.04. The number of H-pyrrole nitrogens is 1. The van der Waals surface area contributed by atoms with Crippen LogP contribution in [-0.4, -0.2) is 11.0 Å². The first-order valence-corrected chi connectivity index (χ1v) is 4.78. The Bertz CT molecular complexity index is 265. The number of carbonyl (C=O) groups is 1. The molecule has 0 unspecified atom stereocenters. The quantitative estimate of drug-likeness (QED) is 0.704. The van der Waals surface area contributed by atoms with Crippen LogP contribution in [-0.2, 0) is 11.3 Å². The molecule has 0 saturated heterocycles. The van der Waals surface area contributed by atoms with E-state index in [1.54, 1.807) is 0 Å². The van der Waals surface area contributed by atoms with Gasteiger partial charge in [-0.2, -0.15) is 0 Å². The molecule has 4 heteroatoms. The van der Waals surface area contributed by atoms with Crippen molar-refractivity contribution in [2.75, 3.05) is 0 Å². The molecule has 0 aromatic carbocycles. The maximum Gasteiger partial charge on any atom is 0.241 e. The molecule has 1 aromatic rings. The Morgan fingerprint density at radius 3 is 2.57 bits per heavy atom. The maximum atomic E-state index is 8.89. The highest BCUT2D eigenvalue weighted by Crippen LogP contribution is 1.87. The monoisotopic (exact) mass is 198 g/mol. The van der Waals surface area contributed by atoms with Crippen LogP contribution in [0.15, 0.2) is 12.5 Å². The van der Waals surface area contributed by atoms with E-state index in [1.807, 2.05) is 6.33 Å². The number of hydrogen-bond acceptors (Lipinski definition) is 2. The Morgan fingerprint density at radius 2 is 2.21 bits per heavy atom. The van der Waals surface area contributed by atoms with Crippen LogP contribution >= 0.6 is 0 Å². The van der Waals surface area contributed by atoms with Gasteiger partial charge in [0.1, 0.15) is 11.9 Å². The summed E-state index contributed by atoms with van der Waals surface area (Å²) in [6.07, 6.45) is 6.68. The number of aryl methyl sites for hydroxylation is 2. The van der Waals surface area contributed by atoms with E-state index in [1.165, 1.54) is 18.5 Å². The molecular weight excluding hydrogens is 180 g/mol. The first-order valence-electron chi connectivity index (χ1n) is 4.78. The van der Waals surface area contributed by atoms with E-state index in [0.717, 1.165) is 13.5 Å². The summed E-state index contributed by atoms with van der Waals surface area (Å²) in [5.41, 5.74) is 1.23. The molecule has 0 aliphatic heterocycles. The van der Waals surface area contributed by atoms with E-state index in [2.05, 4.69) is 29.6 Å². The maximum absolute atomic E-state index is 8.89. The van der Waals surface area contributed by atoms with E-state index < -0.39 is 5.97 Å². The molecule has 0 aliphatic carbocycles. The lowest BCUT2D eigenvalue weighted by Gasteiger charge is -1.90. The lowest BCUT2D eigenvalue weighted by molar-refractivity contribution is -0.696. The number of hydrogen-bond donors (Lipinski definition) is 1. The second-order valence-corrected chi connectivity index (χ2v) is 3.17. The Balaban J connectivity index is 0.000000364. The van der Waals surface area contributed by atoms with E-state index in [9.17, 15) is 0 Å². The average Bonchev–Trinajstić information content (AvgIpc) is 2.47. The number of aliphatic carboxylic acids is 1. The summed E-state index contributed by atoms with van der Waals surface area (Å²) in [5.74, 6) is -1.08. The van der Waals surface area contributed by atoms with Gasteiger partial charge in [0.25, 0.3) is 0 Å². The van der Waals surface area contributed by atoms with Crippen LogP contribution in [0.1, 0.15) is 32.4 Å². The van der Waals surface area contributed by atoms with Crippen LogP contribution in [0.5, 0.6) is 0 Å². The van der Waals surface area contributed by atoms with E-state index in [0.29, 0.717) is 0 Å². The van der Waals surface area contributed by atoms with Gasteiger partial charge in [0.05, 0.1) is 6.54 Å². The van der Waals surface area contributed by atoms with Gasteiger partial charge in [-0.05, 0) is 13.3 Å². The van der Waals surface area contributed by atoms with Gasteiger partial charge < -0.3 is 9.90 Å². The first kappa shape index (κ1) is 12.7. The standard InChI is InChI=1S/C8H14N2.C2H4O2/c1-3-4-5-10-6-8(2)9-7-10;1-2(3)4/h6-7H,3-5H2,1-2H3;1H3,(H,3,4). The number of unbranched alkanes of at least 4 members (excludes halogenated alkanes) is 1. The Hall–Kier alpha value is -1.32. The fourth-order valence-electron chi connectivity index (χ4n) is 0.978. The van der Waals surface area contributed by atoms with Crippen molar-refractivity contribution in [1.82, 2.24) is 4.98 Å². The van der Waals surface area contributed by atoms with E-state index >= 15 is 0 Å². The number of aromatic amines is 1. The summed E-state index contributed by atoms with van der Waals surface area (Å²) >= 11 is 0. The van der Waals surface area contributed by atoms with Gasteiger partial charge in [-0.3, -0.25) is 0 Å². The van der Waals surface area contributed by atoms with Crippen LogP contribution in [0.4, 0.5) is 0 Å². The number of carbonyl (C=O) groups excluding carboxylic acids is 1. The zero-order chi connectivity index (χ0) is 11.0. The Kier molecular flexibility index (Phi) is 6.45. The van der Waals surface area contributed by atoms with E-state index in [-0.39, 0.29) is 0 Å². The molecule has 1 heterocycles. The van der Waals surface area contributed by atoms with Crippen LogP contribution in [0.3, 0.4) is 0 Å². The highest BCUT2D eigenvalue weighted by molar-refractivity contribution is 5.60. The highest BCUT2D eigenvalue weighted by atomic mass is 16.4. The summed E-state index contributed by atoms with van der Waals surface area (Å²) in [4.78, 5) is 12.0. The van der Waals surface area contributed by atoms with Crippen molar-refractivity contribution in [3.63, 3.8) is 0 Å². The van der Waals surface area contributed by atoms with Crippen molar-refractivity contribution in [3.8, 4) is 0 Å². The van der Waals surface area contributed by atoms with Crippen LogP contribution in [0.2, 0.25) is 0 Å². The van der Waals surface area contributed by atoms with Crippen molar-refractivity contribution in [2.45, 2.75) is 40.2 Å². The number of rotatable bonds is 3. The highest BCUT2D eigenvalue weighted by Gasteiger charge is 1.97. The summed E-state index contributed by atoms with van der Waals surface area (Å²) in [6, 6.07) is 0. The molecule has 1 aromatic heterocycles. The molecule has 0 fully saturated rings. The molecule has 14 heavy (non-hydrogen) atoms. The number of carboxylic acids is 1. The molecule has 0 aliphatic rings. The molecule has 0 atom stereocenters. The molecule has 0 bridgehead atoms. The minimum absolute atomic E-state index is 0.972. The second kappa shape index (κ2) is 7.12. The number of aromatic nitrogens is 2. The summed E-state index contributed by atoms with van der Waals surface area (Å²) in [6.45, 7) is 6.39. The molecular formula is C10H18N2O2. The van der Waals surface area contributed by atoms with Gasteiger partial charge in [-0.1, -0.05) is 13.3 Å². The molecule has 0 radical (unpaired) electrons. The predicted molar refractivity (Wildman–Crippen MR) is 51.3 cm³/mol. The van der Waals surface area contributed by atoms with Gasteiger partial charge in [-0.25, -0.2) is 9.55 Å². The summed E-state index contributed by atoms with van der Waals surface area (Å²) in [5, 5.41) is 8.89. The average molecular weight is 198 g/mol. The third-order valence-electron chi connectivity index (χ3n) is 1.59. The molecule has 0 amide bonds. The van der Waals surface area contributed by atoms with Gasteiger partial charge in [-0.15, -0.1) is 0 Å². The van der Waals surface area contributed by atoms with E-state index in [4.69, 9.17) is 9.90 Å². The lowest BCUT2D eigenvalue weighted by Crippen LogP contribution is -2.30. The van der Waals surface area contributed by atoms with Gasteiger partial charge in [0.2, 0.25) is 6.33 Å². The normalized spacial score (nSPS) is 9.07. The molecule has 1 N–H and O–H groups in total. The van der Waals surface area contributed by atoms with Crippen molar-refractivity contribution in [3.05, 3.63) is 18.2 Å². The SMILES string of the molecule is CC(=O)[O-].CCCC[n+]1c[nH]c(C)c1. The number of nitrogens with zero attached hydrogens (tertiary/aromatic N) is 1. The second-order valence-electron chi connectivity index (χ2n) is 3.17. The van der Waals surface area contributed by atoms with Crippen molar-refractivity contribution in [2.24, 2.45) is 0 Å². The molecule has 0 spiro atoms.